The number of nitrogens with one attached hydrogen (secondary N) is 13. The van der Waals surface area contributed by atoms with E-state index >= 15 is 0 Å². The van der Waals surface area contributed by atoms with E-state index in [0.29, 0.717) is 10.6 Å². The van der Waals surface area contributed by atoms with Crippen LogP contribution in [0.25, 0.3) is 0 Å². The maximum atomic E-state index is 15.0. The highest BCUT2D eigenvalue weighted by Gasteiger charge is 2.40. The number of carbonyl (C=O) groups is 15. The van der Waals surface area contributed by atoms with Crippen LogP contribution in [-0.2, 0) is 84.8 Å². The van der Waals surface area contributed by atoms with Gasteiger partial charge in [0.25, 0.3) is 0 Å². The average Bonchev–Trinajstić information content (AvgIpc) is 0.993. The number of thioether (sulfide) groups is 1. The summed E-state index contributed by atoms with van der Waals surface area (Å²) < 4.78 is 0. The van der Waals surface area contributed by atoms with Crippen LogP contribution in [-0.4, -0.2) is 212 Å². The summed E-state index contributed by atoms with van der Waals surface area (Å²) >= 11 is 1.33. The van der Waals surface area contributed by atoms with Crippen LogP contribution in [0.15, 0.2) is 47.8 Å². The zero-order valence-corrected chi connectivity index (χ0v) is 61.1. The van der Waals surface area contributed by atoms with Gasteiger partial charge in [0.05, 0.1) is 30.3 Å². The molecule has 2 aliphatic rings. The predicted octanol–water partition coefficient (Wildman–Crippen LogP) is -2.56. The van der Waals surface area contributed by atoms with Crippen molar-refractivity contribution in [3.05, 3.63) is 54.1 Å². The summed E-state index contributed by atoms with van der Waals surface area (Å²) in [6.45, 7) is 13.2. The fraction of sp³-hybridized carbons (Fsp3) is 0.632. The molecule has 0 aliphatic carbocycles. The summed E-state index contributed by atoms with van der Waals surface area (Å²) in [6, 6.07) is -8.63. The molecule has 576 valence electrons. The molecule has 35 nitrogen and oxygen atoms in total. The minimum absolute atomic E-state index is 0.00327. The van der Waals surface area contributed by atoms with Crippen molar-refractivity contribution in [2.45, 2.75) is 224 Å². The first kappa shape index (κ1) is 86.8. The molecule has 3 heterocycles. The van der Waals surface area contributed by atoms with E-state index in [1.807, 2.05) is 13.8 Å². The lowest BCUT2D eigenvalue weighted by atomic mass is 9.96. The molecule has 1 aromatic heterocycles. The Bertz CT molecular complexity index is 3310. The number of H-pyrrole nitrogens is 1. The largest absolute Gasteiger partial charge is 0.481 e. The van der Waals surface area contributed by atoms with Crippen molar-refractivity contribution in [1.29, 1.82) is 0 Å². The first-order valence-electron chi connectivity index (χ1n) is 35.3. The van der Waals surface area contributed by atoms with E-state index in [-0.39, 0.29) is 101 Å². The molecule has 1 saturated heterocycles. The Morgan fingerprint density at radius 1 is 0.663 bits per heavy atom. The summed E-state index contributed by atoms with van der Waals surface area (Å²) in [5.74, 6) is -16.6. The summed E-state index contributed by atoms with van der Waals surface area (Å²) in [4.78, 5) is 220. The molecule has 0 saturated carbocycles. The highest BCUT2D eigenvalue weighted by Crippen LogP contribution is 2.25. The Hall–Kier alpha value is -9.58. The molecule has 36 heteroatoms. The molecule has 2 aromatic rings. The van der Waals surface area contributed by atoms with Crippen LogP contribution in [0.4, 0.5) is 0 Å². The molecular formula is C68H106N18O17S. The molecule has 13 amide bonds. The number of aliphatic carboxylic acids is 2. The molecule has 15 atom stereocenters. The van der Waals surface area contributed by atoms with Gasteiger partial charge in [-0.05, 0) is 80.7 Å². The van der Waals surface area contributed by atoms with E-state index in [1.165, 1.54) is 24.3 Å². The number of aromatic amines is 1. The van der Waals surface area contributed by atoms with Crippen LogP contribution in [0.2, 0.25) is 0 Å². The summed E-state index contributed by atoms with van der Waals surface area (Å²) in [7, 11) is 0. The number of nitrogens with zero attached hydrogens (tertiary/aromatic N) is 2. The Kier molecular flexibility index (Phi) is 36.9. The number of primary amides is 1. The van der Waals surface area contributed by atoms with Gasteiger partial charge in [0, 0.05) is 43.5 Å². The van der Waals surface area contributed by atoms with Crippen molar-refractivity contribution >= 4 is 106 Å². The smallest absolute Gasteiger partial charge is 0.322 e. The van der Waals surface area contributed by atoms with Gasteiger partial charge in [-0.1, -0.05) is 105 Å². The maximum absolute atomic E-state index is 15.0. The van der Waals surface area contributed by atoms with Gasteiger partial charge in [0.1, 0.15) is 73.0 Å². The van der Waals surface area contributed by atoms with Gasteiger partial charge >= 0.3 is 11.9 Å². The number of benzene rings is 1. The third-order valence-corrected chi connectivity index (χ3v) is 19.1. The third kappa shape index (κ3) is 29.3. The van der Waals surface area contributed by atoms with Crippen molar-refractivity contribution in [2.24, 2.45) is 45.9 Å². The van der Waals surface area contributed by atoms with E-state index in [1.54, 1.807) is 71.9 Å². The number of amides is 13. The average molecular weight is 1480 g/mol. The normalized spacial score (nSPS) is 22.6. The molecular weight excluding hydrogens is 1370 g/mol. The number of hydrogen-bond donors (Lipinski definition) is 18. The number of imidazole rings is 1. The van der Waals surface area contributed by atoms with E-state index < -0.39 is 205 Å². The number of aliphatic imine (C=N–C) groups is 1. The van der Waals surface area contributed by atoms with Gasteiger partial charge in [0.15, 0.2) is 0 Å². The van der Waals surface area contributed by atoms with E-state index in [9.17, 15) is 82.1 Å². The van der Waals surface area contributed by atoms with Gasteiger partial charge in [0.2, 0.25) is 76.8 Å². The van der Waals surface area contributed by atoms with E-state index in [0.717, 1.165) is 6.42 Å². The van der Waals surface area contributed by atoms with Crippen molar-refractivity contribution in [3.8, 4) is 0 Å². The topological polar surface area (TPSA) is 560 Å². The second-order valence-corrected chi connectivity index (χ2v) is 27.8. The molecule has 0 radical (unpaired) electrons. The van der Waals surface area contributed by atoms with Crippen molar-refractivity contribution in [1.82, 2.24) is 73.8 Å². The van der Waals surface area contributed by atoms with Gasteiger partial charge in [-0.15, -0.1) is 11.8 Å². The maximum Gasteiger partial charge on any atom is 0.322 e. The summed E-state index contributed by atoms with van der Waals surface area (Å²) in [6.07, 6.45) is 0.269. The number of carboxylic acids is 2. The zero-order valence-electron chi connectivity index (χ0n) is 60.3. The standard InChI is InChI=1S/C68H106N18O17S/c1-9-36(6)54(71)68-84-49(33-104-68)65(101)79-44(26-35(4)5)61(97)77-43(22-23-51(88)74-32-53(91)92)60(96)86-55(37(7)10-2)66(102)78-41-20-15-16-25-73-57(93)47(29-50(70)87)81-64(100)48(30-52(89)90)82-63(99)46(28-40-31-72-34-75-40)80-62(98)45(27-39-18-13-12-14-19-39)83-67(103)56(38(8)11-3)85-59(95)42(21-17-24-69)76-58(41)94/h12-14,18-19,31,34-38,41-49,54-56H,9-11,15-17,20-30,32-33,69,71H2,1-8H3,(H2,70,87)(H,72,75)(H,73,93)(H,74,88)(H,76,94)(H,77,97)(H,78,102)(H,79,101)(H,80,98)(H,81,100)(H,82,99)(H,83,103)(H,85,95)(H,86,96)(H,89,90)(H,91,92)/t36-,37-,38-,41-,42+,43+,44-,45+,46-,47-,48+,49-,54-,55-,56-/m0/s1. The first-order valence-corrected chi connectivity index (χ1v) is 36.2. The Labute approximate surface area is 608 Å². The molecule has 0 bridgehead atoms. The van der Waals surface area contributed by atoms with Crippen molar-refractivity contribution in [3.63, 3.8) is 0 Å². The zero-order chi connectivity index (χ0) is 77.3. The molecule has 2 aliphatic heterocycles. The number of nitrogens with two attached hydrogens (primary N) is 3. The highest BCUT2D eigenvalue weighted by atomic mass is 32.2. The molecule has 1 aromatic carbocycles. The molecule has 0 spiro atoms. The second-order valence-electron chi connectivity index (χ2n) is 26.7. The van der Waals surface area contributed by atoms with Crippen LogP contribution < -0.4 is 81.0 Å². The van der Waals surface area contributed by atoms with Crippen LogP contribution >= 0.6 is 11.8 Å². The van der Waals surface area contributed by atoms with E-state index in [4.69, 9.17) is 17.2 Å². The summed E-state index contributed by atoms with van der Waals surface area (Å²) in [5, 5.41) is 50.8. The molecule has 4 rings (SSSR count). The van der Waals surface area contributed by atoms with Crippen LogP contribution in [0.1, 0.15) is 150 Å². The van der Waals surface area contributed by atoms with Gasteiger partial charge in [-0.2, -0.15) is 0 Å². The van der Waals surface area contributed by atoms with Crippen molar-refractivity contribution in [2.75, 3.05) is 25.4 Å². The quantitative estimate of drug-likeness (QED) is 0.0349. The van der Waals surface area contributed by atoms with Crippen LogP contribution in [0.3, 0.4) is 0 Å². The van der Waals surface area contributed by atoms with Gasteiger partial charge < -0.3 is 96.2 Å². The second kappa shape index (κ2) is 44.2. The Morgan fingerprint density at radius 2 is 1.27 bits per heavy atom. The van der Waals surface area contributed by atoms with Crippen molar-refractivity contribution < 1.29 is 82.1 Å². The predicted molar refractivity (Wildman–Crippen MR) is 382 cm³/mol. The molecule has 21 N–H and O–H groups in total. The first-order chi connectivity index (χ1) is 49.3. The lowest BCUT2D eigenvalue weighted by molar-refractivity contribution is -0.141. The fourth-order valence-corrected chi connectivity index (χ4v) is 12.3. The minimum atomic E-state index is -1.95. The van der Waals surface area contributed by atoms with E-state index in [2.05, 4.69) is 78.8 Å². The number of carbonyl (C=O) groups excluding carboxylic acids is 13. The van der Waals surface area contributed by atoms with Crippen LogP contribution in [0.5, 0.6) is 0 Å². The summed E-state index contributed by atoms with van der Waals surface area (Å²) in [5.41, 5.74) is 18.7. The van der Waals surface area contributed by atoms with Gasteiger partial charge in [-0.3, -0.25) is 76.9 Å². The lowest BCUT2D eigenvalue weighted by Crippen LogP contribution is -2.62. The Balaban J connectivity index is 1.80. The SMILES string of the molecule is CC[C@H](C)[C@H](N)C1=N[C@H](C(=O)N[C@@H](CC(C)C)C(=O)N[C@H](CCC(=O)NCC(=O)O)C(=O)N[C@H](C(=O)N[C@H]2CCCCNC(=O)[C@H](CC(N)=O)NC(=O)[C@@H](CC(=O)O)NC(=O)[C@H](Cc3cnc[nH]3)NC(=O)[C@@H](Cc3ccccc3)NC(=O)[C@H]([C@@H](C)CC)NC(=O)[C@@H](CCCN)NC2=O)[C@@H](C)CC)CS1. The molecule has 104 heavy (non-hydrogen) atoms. The fourth-order valence-electron chi connectivity index (χ4n) is 11.1. The number of carboxylic acid groups (broad SMARTS) is 2. The molecule has 0 unspecified atom stereocenters. The number of hydrogen-bond acceptors (Lipinski definition) is 20. The highest BCUT2D eigenvalue weighted by molar-refractivity contribution is 8.14. The Morgan fingerprint density at radius 3 is 1.87 bits per heavy atom. The number of aromatic nitrogens is 2. The minimum Gasteiger partial charge on any atom is -0.481 e. The van der Waals surface area contributed by atoms with Crippen LogP contribution in [0, 0.1) is 23.7 Å². The molecule has 1 fully saturated rings. The third-order valence-electron chi connectivity index (χ3n) is 17.9. The monoisotopic (exact) mass is 1480 g/mol. The lowest BCUT2D eigenvalue weighted by Gasteiger charge is -2.30. The van der Waals surface area contributed by atoms with Gasteiger partial charge in [-0.25, -0.2) is 4.98 Å². The number of rotatable bonds is 33.